The summed E-state index contributed by atoms with van der Waals surface area (Å²) in [7, 11) is 1.47. The van der Waals surface area contributed by atoms with Crippen LogP contribution in [0.4, 0.5) is 0 Å². The maximum absolute atomic E-state index is 12.3. The Kier molecular flexibility index (Phi) is 8.42. The number of benzene rings is 2. The van der Waals surface area contributed by atoms with E-state index < -0.39 is 11.8 Å². The number of hydrogen-bond donors (Lipinski definition) is 3. The minimum absolute atomic E-state index is 0.0470. The number of ether oxygens (including phenoxy) is 2. The molecule has 0 radical (unpaired) electrons. The molecule has 0 aliphatic heterocycles. The molecule has 2 rings (SSSR count). The first-order chi connectivity index (χ1) is 14.0. The van der Waals surface area contributed by atoms with Crippen molar-refractivity contribution in [2.75, 3.05) is 13.7 Å². The van der Waals surface area contributed by atoms with E-state index in [2.05, 4.69) is 30.0 Å². The monoisotopic (exact) mass is 415 g/mol. The number of thiocarbonyl (C=S) groups is 1. The van der Waals surface area contributed by atoms with Crippen molar-refractivity contribution in [3.63, 3.8) is 0 Å². The average Bonchev–Trinajstić information content (AvgIpc) is 2.75. The molecule has 154 valence electrons. The van der Waals surface area contributed by atoms with Crippen LogP contribution in [0.3, 0.4) is 0 Å². The van der Waals surface area contributed by atoms with Crippen LogP contribution >= 0.6 is 12.2 Å². The lowest BCUT2D eigenvalue weighted by molar-refractivity contribution is -0.123. The largest absolute Gasteiger partial charge is 0.496 e. The third kappa shape index (κ3) is 6.46. The minimum atomic E-state index is -0.451. The fourth-order valence-corrected chi connectivity index (χ4v) is 2.72. The van der Waals surface area contributed by atoms with E-state index in [-0.39, 0.29) is 11.7 Å². The van der Waals surface area contributed by atoms with E-state index in [9.17, 15) is 9.59 Å². The number of carbonyl (C=O) groups excluding carboxylic acids is 2. The number of nitrogens with one attached hydrogen (secondary N) is 3. The topological polar surface area (TPSA) is 88.7 Å². The van der Waals surface area contributed by atoms with Gasteiger partial charge in [0, 0.05) is 0 Å². The van der Waals surface area contributed by atoms with Crippen molar-refractivity contribution in [2.24, 2.45) is 0 Å². The highest BCUT2D eigenvalue weighted by molar-refractivity contribution is 7.80. The number of carbonyl (C=O) groups is 2. The van der Waals surface area contributed by atoms with E-state index >= 15 is 0 Å². The maximum atomic E-state index is 12.3. The molecule has 0 saturated heterocycles. The lowest BCUT2D eigenvalue weighted by Gasteiger charge is -2.16. The zero-order valence-electron chi connectivity index (χ0n) is 16.7. The van der Waals surface area contributed by atoms with Crippen molar-refractivity contribution in [3.05, 3.63) is 59.7 Å². The lowest BCUT2D eigenvalue weighted by atomic mass is 9.98. The Labute approximate surface area is 175 Å². The van der Waals surface area contributed by atoms with Gasteiger partial charge in [0.25, 0.3) is 11.8 Å². The van der Waals surface area contributed by atoms with Crippen LogP contribution in [-0.2, 0) is 4.79 Å². The van der Waals surface area contributed by atoms with Crippen LogP contribution in [0.15, 0.2) is 48.5 Å². The van der Waals surface area contributed by atoms with Crippen LogP contribution < -0.4 is 25.6 Å². The molecule has 1 unspecified atom stereocenters. The van der Waals surface area contributed by atoms with Crippen molar-refractivity contribution in [2.45, 2.75) is 26.2 Å². The molecule has 0 spiro atoms. The van der Waals surface area contributed by atoms with Crippen LogP contribution in [-0.4, -0.2) is 30.6 Å². The van der Waals surface area contributed by atoms with E-state index in [0.29, 0.717) is 23.0 Å². The molecule has 8 heteroatoms. The summed E-state index contributed by atoms with van der Waals surface area (Å²) in [5, 5.41) is 2.43. The second-order valence-corrected chi connectivity index (χ2v) is 6.70. The zero-order chi connectivity index (χ0) is 21.2. The van der Waals surface area contributed by atoms with Gasteiger partial charge in [-0.1, -0.05) is 44.2 Å². The molecule has 0 fully saturated rings. The lowest BCUT2D eigenvalue weighted by Crippen LogP contribution is -2.49. The quantitative estimate of drug-likeness (QED) is 0.476. The maximum Gasteiger partial charge on any atom is 0.276 e. The van der Waals surface area contributed by atoms with E-state index in [4.69, 9.17) is 21.7 Å². The van der Waals surface area contributed by atoms with Crippen molar-refractivity contribution < 1.29 is 19.1 Å². The first-order valence-corrected chi connectivity index (χ1v) is 9.62. The van der Waals surface area contributed by atoms with Gasteiger partial charge in [-0.05, 0) is 48.3 Å². The van der Waals surface area contributed by atoms with Gasteiger partial charge in [0.1, 0.15) is 11.5 Å². The molecule has 0 aromatic heterocycles. The van der Waals surface area contributed by atoms with E-state index in [1.165, 1.54) is 7.11 Å². The fourth-order valence-electron chi connectivity index (χ4n) is 2.58. The molecule has 2 aromatic rings. The summed E-state index contributed by atoms with van der Waals surface area (Å²) in [6.45, 7) is 4.01. The van der Waals surface area contributed by atoms with E-state index in [0.717, 1.165) is 12.0 Å². The van der Waals surface area contributed by atoms with Crippen molar-refractivity contribution in [3.8, 4) is 11.5 Å². The highest BCUT2D eigenvalue weighted by Gasteiger charge is 2.14. The van der Waals surface area contributed by atoms with Crippen molar-refractivity contribution in [1.82, 2.24) is 16.2 Å². The molecule has 0 aliphatic rings. The van der Waals surface area contributed by atoms with Crippen LogP contribution in [0.2, 0.25) is 0 Å². The first-order valence-electron chi connectivity index (χ1n) is 9.21. The number of hydrogen-bond acceptors (Lipinski definition) is 5. The number of methoxy groups -OCH3 is 1. The summed E-state index contributed by atoms with van der Waals surface area (Å²) in [5.41, 5.74) is 6.26. The first kappa shape index (κ1) is 22.2. The number of rotatable bonds is 7. The predicted octanol–water partition coefficient (Wildman–Crippen LogP) is 2.92. The molecule has 7 nitrogen and oxygen atoms in total. The van der Waals surface area contributed by atoms with E-state index in [1.807, 2.05) is 24.3 Å². The molecule has 0 aliphatic carbocycles. The average molecular weight is 416 g/mol. The minimum Gasteiger partial charge on any atom is -0.496 e. The molecule has 2 aromatic carbocycles. The van der Waals surface area contributed by atoms with Gasteiger partial charge in [-0.3, -0.25) is 25.8 Å². The van der Waals surface area contributed by atoms with Crippen molar-refractivity contribution in [1.29, 1.82) is 0 Å². The Bertz CT molecular complexity index is 873. The second-order valence-electron chi connectivity index (χ2n) is 6.29. The van der Waals surface area contributed by atoms with Gasteiger partial charge in [0.15, 0.2) is 11.7 Å². The van der Waals surface area contributed by atoms with Crippen LogP contribution in [0.5, 0.6) is 11.5 Å². The number of hydrazine groups is 1. The third-order valence-electron chi connectivity index (χ3n) is 4.32. The smallest absolute Gasteiger partial charge is 0.276 e. The second kappa shape index (κ2) is 11.0. The Hall–Kier alpha value is -3.13. The summed E-state index contributed by atoms with van der Waals surface area (Å²) in [5.74, 6) is 0.533. The van der Waals surface area contributed by atoms with E-state index in [1.54, 1.807) is 24.3 Å². The summed E-state index contributed by atoms with van der Waals surface area (Å²) < 4.78 is 10.8. The zero-order valence-corrected chi connectivity index (χ0v) is 17.5. The normalized spacial score (nSPS) is 11.1. The molecule has 0 bridgehead atoms. The van der Waals surface area contributed by atoms with Gasteiger partial charge >= 0.3 is 0 Å². The van der Waals surface area contributed by atoms with Crippen LogP contribution in [0, 0.1) is 0 Å². The summed E-state index contributed by atoms with van der Waals surface area (Å²) in [6, 6.07) is 14.4. The molecular formula is C21H25N3O4S. The highest BCUT2D eigenvalue weighted by Crippen LogP contribution is 2.28. The summed E-state index contributed by atoms with van der Waals surface area (Å²) >= 11 is 5.04. The van der Waals surface area contributed by atoms with Gasteiger partial charge in [-0.15, -0.1) is 0 Å². The molecule has 3 N–H and O–H groups in total. The number of amides is 2. The van der Waals surface area contributed by atoms with Crippen LogP contribution in [0.1, 0.15) is 42.1 Å². The number of para-hydroxylation sites is 2. The molecule has 29 heavy (non-hydrogen) atoms. The molecular weight excluding hydrogens is 390 g/mol. The van der Waals surface area contributed by atoms with Gasteiger partial charge in [0.2, 0.25) is 0 Å². The SMILES string of the molecule is CCC(C)c1ccccc1OCC(=O)NNC(=S)NC(=O)c1ccccc1OC. The third-order valence-corrected chi connectivity index (χ3v) is 4.52. The highest BCUT2D eigenvalue weighted by atomic mass is 32.1. The molecule has 2 amide bonds. The Morgan fingerprint density at radius 3 is 2.38 bits per heavy atom. The van der Waals surface area contributed by atoms with Gasteiger partial charge in [0.05, 0.1) is 12.7 Å². The summed E-state index contributed by atoms with van der Waals surface area (Å²) in [4.78, 5) is 24.3. The Morgan fingerprint density at radius 1 is 1.03 bits per heavy atom. The molecule has 0 saturated carbocycles. The standard InChI is InChI=1S/C21H25N3O4S/c1-4-14(2)15-9-5-8-12-18(15)28-13-19(25)23-24-21(29)22-20(26)16-10-6-7-11-17(16)27-3/h5-12,14H,4,13H2,1-3H3,(H,23,25)(H2,22,24,26,29). The van der Waals surface area contributed by atoms with Gasteiger partial charge in [-0.25, -0.2) is 0 Å². The van der Waals surface area contributed by atoms with Gasteiger partial charge in [-0.2, -0.15) is 0 Å². The fraction of sp³-hybridized carbons (Fsp3) is 0.286. The van der Waals surface area contributed by atoms with Crippen molar-refractivity contribution >= 4 is 29.1 Å². The van der Waals surface area contributed by atoms with Crippen LogP contribution in [0.25, 0.3) is 0 Å². The van der Waals surface area contributed by atoms with Gasteiger partial charge < -0.3 is 9.47 Å². The molecule has 0 heterocycles. The molecule has 1 atom stereocenters. The predicted molar refractivity (Wildman–Crippen MR) is 115 cm³/mol. The summed E-state index contributed by atoms with van der Waals surface area (Å²) in [6.07, 6.45) is 0.967. The Morgan fingerprint density at radius 2 is 1.69 bits per heavy atom. The Balaban J connectivity index is 1.82.